The van der Waals surface area contributed by atoms with Crippen LogP contribution in [-0.2, 0) is 5.41 Å². The second kappa shape index (κ2) is 7.09. The van der Waals surface area contributed by atoms with Crippen molar-refractivity contribution in [1.29, 1.82) is 0 Å². The molecule has 1 unspecified atom stereocenters. The molecule has 1 heterocycles. The van der Waals surface area contributed by atoms with Crippen LogP contribution >= 0.6 is 11.3 Å². The van der Waals surface area contributed by atoms with Gasteiger partial charge in [0.15, 0.2) is 0 Å². The number of alkyl halides is 3. The fraction of sp³-hybridized carbons (Fsp3) is 0.800. The first-order valence-electron chi connectivity index (χ1n) is 7.28. The molecule has 0 spiro atoms. The highest BCUT2D eigenvalue weighted by Crippen LogP contribution is 2.32. The molecule has 1 rings (SSSR count). The predicted octanol–water partition coefficient (Wildman–Crippen LogP) is 5.13. The van der Waals surface area contributed by atoms with Crippen molar-refractivity contribution < 1.29 is 13.2 Å². The first kappa shape index (κ1) is 18.4. The minimum absolute atomic E-state index is 0.0279. The molecular formula is C15H25F3N2S. The number of rotatable bonds is 6. The summed E-state index contributed by atoms with van der Waals surface area (Å²) in [6, 6.07) is 0.129. The third-order valence-electron chi connectivity index (χ3n) is 3.20. The van der Waals surface area contributed by atoms with E-state index in [9.17, 15) is 13.2 Å². The van der Waals surface area contributed by atoms with Crippen LogP contribution in [0, 0.1) is 6.92 Å². The summed E-state index contributed by atoms with van der Waals surface area (Å²) in [4.78, 5) is 5.79. The lowest BCUT2D eigenvalue weighted by Gasteiger charge is -2.14. The van der Waals surface area contributed by atoms with Crippen molar-refractivity contribution in [3.8, 4) is 0 Å². The SMILES string of the molecule is Cc1nc(C(C)(C)C)sc1C(C)NCCCCC(F)(F)F. The molecule has 2 nitrogen and oxygen atoms in total. The van der Waals surface area contributed by atoms with Gasteiger partial charge in [0.05, 0.1) is 10.7 Å². The van der Waals surface area contributed by atoms with Crippen molar-refractivity contribution >= 4 is 11.3 Å². The monoisotopic (exact) mass is 322 g/mol. The quantitative estimate of drug-likeness (QED) is 0.734. The van der Waals surface area contributed by atoms with Gasteiger partial charge in [0.2, 0.25) is 0 Å². The van der Waals surface area contributed by atoms with Crippen molar-refractivity contribution in [1.82, 2.24) is 10.3 Å². The van der Waals surface area contributed by atoms with Gasteiger partial charge in [-0.15, -0.1) is 11.3 Å². The number of hydrogen-bond donors (Lipinski definition) is 1. The normalized spacial score (nSPS) is 14.5. The summed E-state index contributed by atoms with van der Waals surface area (Å²) in [5.41, 5.74) is 1.04. The van der Waals surface area contributed by atoms with Crippen LogP contribution in [0.3, 0.4) is 0 Å². The van der Waals surface area contributed by atoms with Gasteiger partial charge in [0.25, 0.3) is 0 Å². The molecule has 0 aliphatic heterocycles. The van der Waals surface area contributed by atoms with Crippen LogP contribution in [0.4, 0.5) is 13.2 Å². The summed E-state index contributed by atoms with van der Waals surface area (Å²) in [7, 11) is 0. The van der Waals surface area contributed by atoms with Crippen LogP contribution in [0.25, 0.3) is 0 Å². The fourth-order valence-electron chi connectivity index (χ4n) is 1.99. The molecule has 0 bridgehead atoms. The van der Waals surface area contributed by atoms with Gasteiger partial charge >= 0.3 is 6.18 Å². The van der Waals surface area contributed by atoms with E-state index in [0.29, 0.717) is 13.0 Å². The van der Waals surface area contributed by atoms with Crippen molar-refractivity contribution in [2.75, 3.05) is 6.54 Å². The van der Waals surface area contributed by atoms with E-state index in [1.54, 1.807) is 11.3 Å². The van der Waals surface area contributed by atoms with Crippen LogP contribution in [0.2, 0.25) is 0 Å². The Hall–Kier alpha value is -0.620. The van der Waals surface area contributed by atoms with Gasteiger partial charge in [-0.2, -0.15) is 13.2 Å². The fourth-order valence-corrected chi connectivity index (χ4v) is 3.14. The molecule has 1 N–H and O–H groups in total. The number of aromatic nitrogens is 1. The summed E-state index contributed by atoms with van der Waals surface area (Å²) in [5, 5.41) is 4.39. The molecule has 1 atom stereocenters. The van der Waals surface area contributed by atoms with Gasteiger partial charge < -0.3 is 5.32 Å². The summed E-state index contributed by atoms with van der Waals surface area (Å²) < 4.78 is 36.1. The largest absolute Gasteiger partial charge is 0.389 e. The molecule has 21 heavy (non-hydrogen) atoms. The van der Waals surface area contributed by atoms with Gasteiger partial charge in [-0.25, -0.2) is 4.98 Å². The summed E-state index contributed by atoms with van der Waals surface area (Å²) in [5.74, 6) is 0. The number of nitrogens with one attached hydrogen (secondary N) is 1. The average molecular weight is 322 g/mol. The zero-order valence-electron chi connectivity index (χ0n) is 13.4. The van der Waals surface area contributed by atoms with E-state index in [4.69, 9.17) is 0 Å². The van der Waals surface area contributed by atoms with Crippen LogP contribution < -0.4 is 5.32 Å². The van der Waals surface area contributed by atoms with E-state index >= 15 is 0 Å². The van der Waals surface area contributed by atoms with Crippen molar-refractivity contribution in [2.45, 2.75) is 71.5 Å². The zero-order chi connectivity index (χ0) is 16.3. The molecule has 122 valence electrons. The van der Waals surface area contributed by atoms with Crippen molar-refractivity contribution in [3.63, 3.8) is 0 Å². The van der Waals surface area contributed by atoms with E-state index < -0.39 is 12.6 Å². The highest BCUT2D eigenvalue weighted by molar-refractivity contribution is 7.12. The molecule has 0 radical (unpaired) electrons. The minimum Gasteiger partial charge on any atom is -0.309 e. The van der Waals surface area contributed by atoms with Gasteiger partial charge in [0.1, 0.15) is 0 Å². The van der Waals surface area contributed by atoms with Crippen LogP contribution in [0.5, 0.6) is 0 Å². The number of unbranched alkanes of at least 4 members (excludes halogenated alkanes) is 1. The Morgan fingerprint density at radius 2 is 1.81 bits per heavy atom. The number of halogens is 3. The van der Waals surface area contributed by atoms with E-state index in [-0.39, 0.29) is 17.9 Å². The van der Waals surface area contributed by atoms with Gasteiger partial charge in [0, 0.05) is 22.8 Å². The molecule has 0 saturated heterocycles. The number of aryl methyl sites for hydroxylation is 1. The molecule has 0 aromatic carbocycles. The summed E-state index contributed by atoms with van der Waals surface area (Å²) >= 11 is 1.69. The topological polar surface area (TPSA) is 24.9 Å². The van der Waals surface area contributed by atoms with Gasteiger partial charge in [-0.3, -0.25) is 0 Å². The summed E-state index contributed by atoms with van der Waals surface area (Å²) in [6.07, 6.45) is -4.02. The molecule has 1 aromatic heterocycles. The lowest BCUT2D eigenvalue weighted by molar-refractivity contribution is -0.135. The maximum atomic E-state index is 12.0. The standard InChI is InChI=1S/C15H25F3N2S/c1-10(19-9-7-6-8-15(16,17)18)12-11(2)20-13(21-12)14(3,4)5/h10,19H,6-9H2,1-5H3. The highest BCUT2D eigenvalue weighted by Gasteiger charge is 2.26. The first-order valence-corrected chi connectivity index (χ1v) is 8.10. The summed E-state index contributed by atoms with van der Waals surface area (Å²) in [6.45, 7) is 11.0. The second-order valence-corrected chi connectivity index (χ2v) is 7.50. The van der Waals surface area contributed by atoms with Gasteiger partial charge in [-0.05, 0) is 33.2 Å². The Bertz CT molecular complexity index is 447. The smallest absolute Gasteiger partial charge is 0.309 e. The second-order valence-electron chi connectivity index (χ2n) is 6.47. The Labute approximate surface area is 129 Å². The number of nitrogens with zero attached hydrogens (tertiary/aromatic N) is 1. The molecule has 0 amide bonds. The highest BCUT2D eigenvalue weighted by atomic mass is 32.1. The Morgan fingerprint density at radius 3 is 2.29 bits per heavy atom. The lowest BCUT2D eigenvalue weighted by Crippen LogP contribution is -2.20. The number of hydrogen-bond acceptors (Lipinski definition) is 3. The Balaban J connectivity index is 2.46. The average Bonchev–Trinajstić information content (AvgIpc) is 2.69. The third kappa shape index (κ3) is 6.34. The molecule has 0 fully saturated rings. The molecular weight excluding hydrogens is 297 g/mol. The third-order valence-corrected chi connectivity index (χ3v) is 4.97. The van der Waals surface area contributed by atoms with E-state index in [1.165, 1.54) is 4.88 Å². The minimum atomic E-state index is -4.04. The van der Waals surface area contributed by atoms with E-state index in [0.717, 1.165) is 10.7 Å². The van der Waals surface area contributed by atoms with E-state index in [2.05, 4.69) is 31.1 Å². The maximum Gasteiger partial charge on any atom is 0.389 e. The van der Waals surface area contributed by atoms with Crippen LogP contribution in [0.1, 0.15) is 68.6 Å². The first-order chi connectivity index (χ1) is 9.50. The lowest BCUT2D eigenvalue weighted by atomic mass is 9.98. The molecule has 0 aliphatic carbocycles. The van der Waals surface area contributed by atoms with Crippen molar-refractivity contribution in [2.24, 2.45) is 0 Å². The Morgan fingerprint density at radius 1 is 1.19 bits per heavy atom. The molecule has 1 aromatic rings. The van der Waals surface area contributed by atoms with Crippen LogP contribution in [-0.4, -0.2) is 17.7 Å². The molecule has 6 heteroatoms. The molecule has 0 saturated carbocycles. The van der Waals surface area contributed by atoms with E-state index in [1.807, 2.05) is 13.8 Å². The van der Waals surface area contributed by atoms with Crippen molar-refractivity contribution in [3.05, 3.63) is 15.6 Å². The Kier molecular flexibility index (Phi) is 6.23. The predicted molar refractivity (Wildman–Crippen MR) is 81.9 cm³/mol. The maximum absolute atomic E-state index is 12.0. The molecule has 0 aliphatic rings. The number of thiazole rings is 1. The van der Waals surface area contributed by atoms with Crippen LogP contribution in [0.15, 0.2) is 0 Å². The zero-order valence-corrected chi connectivity index (χ0v) is 14.2. The van der Waals surface area contributed by atoms with Gasteiger partial charge in [-0.1, -0.05) is 20.8 Å².